The molecule has 0 spiro atoms. The van der Waals surface area contributed by atoms with E-state index in [1.807, 2.05) is 0 Å². The second kappa shape index (κ2) is 11.2. The lowest BCUT2D eigenvalue weighted by Gasteiger charge is -2.41. The molecule has 32 heavy (non-hydrogen) atoms. The Morgan fingerprint density at radius 1 is 1.03 bits per heavy atom. The van der Waals surface area contributed by atoms with Gasteiger partial charge in [0, 0.05) is 37.6 Å². The molecule has 2 aliphatic heterocycles. The van der Waals surface area contributed by atoms with E-state index in [4.69, 9.17) is 4.74 Å². The molecule has 0 bridgehead atoms. The number of likely N-dealkylation sites (tertiary alicyclic amines) is 1. The van der Waals surface area contributed by atoms with Crippen molar-refractivity contribution in [3.05, 3.63) is 0 Å². The Kier molecular flexibility index (Phi) is 9.07. The SMILES string of the molecule is CC(C)(C)CCN1CC[C@H]2CC(=O)N(C3CCCC3)C[C@H](O)C(C)(C)COCCC[C@H]2C1. The fraction of sp³-hybridized carbons (Fsp3) is 0.963. The molecule has 1 amide bonds. The molecule has 1 saturated carbocycles. The number of hydrogen-bond donors (Lipinski definition) is 1. The number of aliphatic hydroxyl groups is 1. The summed E-state index contributed by atoms with van der Waals surface area (Å²) in [5.74, 6) is 1.31. The van der Waals surface area contributed by atoms with Gasteiger partial charge in [-0.1, -0.05) is 47.5 Å². The zero-order valence-corrected chi connectivity index (χ0v) is 21.6. The molecule has 186 valence electrons. The van der Waals surface area contributed by atoms with Crippen molar-refractivity contribution in [1.82, 2.24) is 9.80 Å². The van der Waals surface area contributed by atoms with Crippen molar-refractivity contribution in [3.63, 3.8) is 0 Å². The summed E-state index contributed by atoms with van der Waals surface area (Å²) < 4.78 is 6.04. The molecule has 0 radical (unpaired) electrons. The van der Waals surface area contributed by atoms with Gasteiger partial charge in [0.15, 0.2) is 0 Å². The summed E-state index contributed by atoms with van der Waals surface area (Å²) in [6.45, 7) is 16.2. The minimum absolute atomic E-state index is 0.282. The lowest BCUT2D eigenvalue weighted by atomic mass is 9.79. The quantitative estimate of drug-likeness (QED) is 0.676. The van der Waals surface area contributed by atoms with E-state index in [1.54, 1.807) is 0 Å². The number of rotatable bonds is 3. The number of nitrogens with zero attached hydrogens (tertiary/aromatic N) is 2. The summed E-state index contributed by atoms with van der Waals surface area (Å²) in [5.41, 5.74) is 0.0164. The summed E-state index contributed by atoms with van der Waals surface area (Å²) in [6, 6.07) is 0.310. The topological polar surface area (TPSA) is 53.0 Å². The van der Waals surface area contributed by atoms with Crippen LogP contribution in [-0.4, -0.2) is 72.4 Å². The second-order valence-corrected chi connectivity index (χ2v) is 12.8. The zero-order valence-electron chi connectivity index (χ0n) is 21.6. The van der Waals surface area contributed by atoms with Gasteiger partial charge < -0.3 is 19.6 Å². The van der Waals surface area contributed by atoms with Crippen LogP contribution in [0.25, 0.3) is 0 Å². The number of aliphatic hydroxyl groups excluding tert-OH is 1. The van der Waals surface area contributed by atoms with Crippen LogP contribution in [0, 0.1) is 22.7 Å². The fourth-order valence-corrected chi connectivity index (χ4v) is 5.77. The van der Waals surface area contributed by atoms with Gasteiger partial charge in [0.05, 0.1) is 12.7 Å². The van der Waals surface area contributed by atoms with Gasteiger partial charge in [-0.3, -0.25) is 4.79 Å². The van der Waals surface area contributed by atoms with Crippen LogP contribution in [0.5, 0.6) is 0 Å². The number of piperidine rings is 1. The molecule has 0 aromatic carbocycles. The highest BCUT2D eigenvalue weighted by Crippen LogP contribution is 2.34. The van der Waals surface area contributed by atoms with Gasteiger partial charge in [0.2, 0.25) is 5.91 Å². The van der Waals surface area contributed by atoms with E-state index in [2.05, 4.69) is 44.4 Å². The number of hydrogen-bond acceptors (Lipinski definition) is 4. The summed E-state index contributed by atoms with van der Waals surface area (Å²) >= 11 is 0. The van der Waals surface area contributed by atoms with Crippen molar-refractivity contribution in [2.24, 2.45) is 22.7 Å². The van der Waals surface area contributed by atoms with Crippen molar-refractivity contribution >= 4 is 5.91 Å². The molecular weight excluding hydrogens is 400 g/mol. The van der Waals surface area contributed by atoms with Gasteiger partial charge in [-0.25, -0.2) is 0 Å². The van der Waals surface area contributed by atoms with Crippen LogP contribution in [-0.2, 0) is 9.53 Å². The number of carbonyl (C=O) groups is 1. The Morgan fingerprint density at radius 3 is 2.44 bits per heavy atom. The average molecular weight is 451 g/mol. The van der Waals surface area contributed by atoms with Crippen molar-refractivity contribution in [3.8, 4) is 0 Å². The molecule has 2 saturated heterocycles. The monoisotopic (exact) mass is 450 g/mol. The van der Waals surface area contributed by atoms with Crippen molar-refractivity contribution in [1.29, 1.82) is 0 Å². The normalized spacial score (nSPS) is 32.1. The van der Waals surface area contributed by atoms with E-state index in [-0.39, 0.29) is 11.3 Å². The van der Waals surface area contributed by atoms with Crippen molar-refractivity contribution in [2.45, 2.75) is 105 Å². The van der Waals surface area contributed by atoms with Gasteiger partial charge in [-0.2, -0.15) is 0 Å². The summed E-state index contributed by atoms with van der Waals surface area (Å²) in [7, 11) is 0. The highest BCUT2D eigenvalue weighted by atomic mass is 16.5. The fourth-order valence-electron chi connectivity index (χ4n) is 5.77. The van der Waals surface area contributed by atoms with Crippen LogP contribution >= 0.6 is 0 Å². The summed E-state index contributed by atoms with van der Waals surface area (Å²) in [5, 5.41) is 11.1. The number of amides is 1. The van der Waals surface area contributed by atoms with Gasteiger partial charge >= 0.3 is 0 Å². The molecule has 3 atom stereocenters. The number of ether oxygens (including phenoxy) is 1. The number of β-amino-alcohol motifs (C(OH)–C–C–N with tert-alkyl or cyclic N) is 1. The molecular formula is C27H50N2O3. The minimum atomic E-state index is -0.553. The van der Waals surface area contributed by atoms with Gasteiger partial charge in [0.1, 0.15) is 0 Å². The first-order valence-electron chi connectivity index (χ1n) is 13.3. The van der Waals surface area contributed by atoms with Gasteiger partial charge in [0.25, 0.3) is 0 Å². The molecule has 3 rings (SSSR count). The van der Waals surface area contributed by atoms with Gasteiger partial charge in [-0.15, -0.1) is 0 Å². The van der Waals surface area contributed by atoms with Crippen molar-refractivity contribution in [2.75, 3.05) is 39.4 Å². The van der Waals surface area contributed by atoms with Crippen LogP contribution in [0.1, 0.15) is 92.4 Å². The molecule has 3 aliphatic rings. The zero-order chi connectivity index (χ0) is 23.4. The van der Waals surface area contributed by atoms with E-state index in [9.17, 15) is 9.90 Å². The van der Waals surface area contributed by atoms with E-state index in [0.717, 1.165) is 58.3 Å². The smallest absolute Gasteiger partial charge is 0.223 e. The molecule has 5 nitrogen and oxygen atoms in total. The molecule has 1 aliphatic carbocycles. The molecule has 1 N–H and O–H groups in total. The Morgan fingerprint density at radius 2 is 1.75 bits per heavy atom. The lowest BCUT2D eigenvalue weighted by molar-refractivity contribution is -0.139. The first-order valence-corrected chi connectivity index (χ1v) is 13.3. The van der Waals surface area contributed by atoms with Crippen LogP contribution in [0.2, 0.25) is 0 Å². The molecule has 5 heteroatoms. The Balaban J connectivity index is 1.72. The summed E-state index contributed by atoms with van der Waals surface area (Å²) in [4.78, 5) is 18.3. The minimum Gasteiger partial charge on any atom is -0.391 e. The Hall–Kier alpha value is -0.650. The largest absolute Gasteiger partial charge is 0.391 e. The Labute approximate surface area is 197 Å². The van der Waals surface area contributed by atoms with Gasteiger partial charge in [-0.05, 0) is 68.9 Å². The van der Waals surface area contributed by atoms with E-state index >= 15 is 0 Å². The highest BCUT2D eigenvalue weighted by molar-refractivity contribution is 5.77. The molecule has 0 aromatic heterocycles. The first kappa shape index (κ1) is 26.0. The van der Waals surface area contributed by atoms with Crippen molar-refractivity contribution < 1.29 is 14.6 Å². The third-order valence-corrected chi connectivity index (χ3v) is 8.29. The Bertz CT molecular complexity index is 594. The second-order valence-electron chi connectivity index (χ2n) is 12.8. The molecule has 3 fully saturated rings. The maximum Gasteiger partial charge on any atom is 0.223 e. The average Bonchev–Trinajstić information content (AvgIpc) is 3.24. The highest BCUT2D eigenvalue weighted by Gasteiger charge is 2.37. The van der Waals surface area contributed by atoms with Crippen LogP contribution in [0.4, 0.5) is 0 Å². The maximum absolute atomic E-state index is 13.6. The molecule has 0 unspecified atom stereocenters. The first-order chi connectivity index (χ1) is 15.0. The summed E-state index contributed by atoms with van der Waals surface area (Å²) in [6.07, 6.45) is 9.19. The van der Waals surface area contributed by atoms with Crippen LogP contribution < -0.4 is 0 Å². The van der Waals surface area contributed by atoms with E-state index in [0.29, 0.717) is 42.9 Å². The molecule has 0 aromatic rings. The molecule has 2 heterocycles. The maximum atomic E-state index is 13.6. The predicted molar refractivity (Wildman–Crippen MR) is 131 cm³/mol. The van der Waals surface area contributed by atoms with Crippen LogP contribution in [0.15, 0.2) is 0 Å². The van der Waals surface area contributed by atoms with E-state index in [1.165, 1.54) is 19.3 Å². The van der Waals surface area contributed by atoms with E-state index < -0.39 is 6.10 Å². The predicted octanol–water partition coefficient (Wildman–Crippen LogP) is 4.72. The third kappa shape index (κ3) is 7.43. The van der Waals surface area contributed by atoms with Crippen LogP contribution in [0.3, 0.4) is 0 Å². The lowest BCUT2D eigenvalue weighted by Crippen LogP contribution is -2.50. The third-order valence-electron chi connectivity index (χ3n) is 8.29. The number of fused-ring (bicyclic) bond motifs is 1. The number of carbonyl (C=O) groups excluding carboxylic acids is 1. The standard InChI is InChI=1S/C27H50N2O3/c1-26(2,3)13-15-28-14-12-21-17-25(31)29(23-10-6-7-11-23)19-24(30)27(4,5)20-32-16-8-9-22(21)18-28/h21-24,30H,6-20H2,1-5H3/t21-,22-,24-/m0/s1.